The van der Waals surface area contributed by atoms with Crippen molar-refractivity contribution in [2.45, 2.75) is 79.1 Å². The Kier molecular flexibility index (Phi) is 8.47. The Hall–Kier alpha value is -2.90. The Labute approximate surface area is 255 Å². The van der Waals surface area contributed by atoms with E-state index in [0.717, 1.165) is 17.7 Å². The van der Waals surface area contributed by atoms with Crippen molar-refractivity contribution in [3.05, 3.63) is 57.5 Å². The highest BCUT2D eigenvalue weighted by Crippen LogP contribution is 2.51. The van der Waals surface area contributed by atoms with Crippen LogP contribution in [0.1, 0.15) is 51.1 Å². The van der Waals surface area contributed by atoms with E-state index in [1.165, 1.54) is 30.5 Å². The first-order valence-electron chi connectivity index (χ1n) is 13.6. The van der Waals surface area contributed by atoms with Gasteiger partial charge in [-0.05, 0) is 72.7 Å². The number of pyridine rings is 1. The van der Waals surface area contributed by atoms with Crippen molar-refractivity contribution in [2.24, 2.45) is 0 Å². The van der Waals surface area contributed by atoms with Crippen molar-refractivity contribution in [1.29, 1.82) is 0 Å². The third-order valence-corrected chi connectivity index (χ3v) is 11.1. The van der Waals surface area contributed by atoms with Crippen LogP contribution in [-0.4, -0.2) is 71.7 Å². The average molecular weight is 684 g/mol. The molecule has 3 atom stereocenters. The molecule has 3 fully saturated rings. The Balaban J connectivity index is 1.45. The van der Waals surface area contributed by atoms with E-state index in [9.17, 15) is 32.0 Å². The predicted octanol–water partition coefficient (Wildman–Crippen LogP) is 2.85. The van der Waals surface area contributed by atoms with Crippen LogP contribution in [0, 0.1) is 5.82 Å². The maximum atomic E-state index is 15.0. The van der Waals surface area contributed by atoms with Crippen LogP contribution in [0.4, 0.5) is 4.39 Å². The summed E-state index contributed by atoms with van der Waals surface area (Å²) in [6.45, 7) is 1.27. The lowest BCUT2D eigenvalue weighted by atomic mass is 9.98. The summed E-state index contributed by atoms with van der Waals surface area (Å²) in [4.78, 5) is 58.0. The smallest absolute Gasteiger partial charge is 0.289 e. The quantitative estimate of drug-likeness (QED) is 0.367. The van der Waals surface area contributed by atoms with Crippen molar-refractivity contribution >= 4 is 60.9 Å². The van der Waals surface area contributed by atoms with E-state index in [2.05, 4.69) is 31.5 Å². The molecule has 5 rings (SSSR count). The average Bonchev–Trinajstić information content (AvgIpc) is 3.88. The summed E-state index contributed by atoms with van der Waals surface area (Å²) in [6.07, 6.45) is 3.27. The topological polar surface area (TPSA) is 143 Å². The first kappa shape index (κ1) is 30.6. The van der Waals surface area contributed by atoms with Crippen molar-refractivity contribution < 1.29 is 32.0 Å². The van der Waals surface area contributed by atoms with Crippen LogP contribution in [0.15, 0.2) is 45.9 Å². The number of sulfone groups is 1. The molecule has 2 aliphatic carbocycles. The fraction of sp³-hybridized carbons (Fsp3) is 0.464. The maximum absolute atomic E-state index is 15.0. The number of Topliss-reactive ketones (excluding diaryl/α,β-unsaturated/α-hetero) is 1. The highest BCUT2D eigenvalue weighted by molar-refractivity contribution is 9.10. The van der Waals surface area contributed by atoms with Gasteiger partial charge in [0.2, 0.25) is 17.6 Å². The number of carbonyl (C=O) groups excluding carboxylic acids is 4. The van der Waals surface area contributed by atoms with Gasteiger partial charge in [0, 0.05) is 23.3 Å². The summed E-state index contributed by atoms with van der Waals surface area (Å²) in [5, 5.41) is 3.96. The Bertz CT molecular complexity index is 1570. The van der Waals surface area contributed by atoms with Crippen molar-refractivity contribution in [3.63, 3.8) is 0 Å². The summed E-state index contributed by atoms with van der Waals surface area (Å²) in [5.74, 6) is -3.74. The molecule has 10 nitrogen and oxygen atoms in total. The number of hydrogen-bond donors (Lipinski definition) is 2. The first-order chi connectivity index (χ1) is 19.9. The second kappa shape index (κ2) is 11.6. The number of ketones is 1. The molecule has 42 heavy (non-hydrogen) atoms. The van der Waals surface area contributed by atoms with Crippen LogP contribution in [0.25, 0.3) is 0 Å². The lowest BCUT2D eigenvalue weighted by Gasteiger charge is -2.29. The monoisotopic (exact) mass is 682 g/mol. The molecule has 2 saturated carbocycles. The maximum Gasteiger partial charge on any atom is 0.289 e. The van der Waals surface area contributed by atoms with Gasteiger partial charge in [-0.1, -0.05) is 30.7 Å². The largest absolute Gasteiger partial charge is 0.347 e. The molecule has 1 aromatic heterocycles. The molecule has 2 aromatic rings. The van der Waals surface area contributed by atoms with E-state index in [-0.39, 0.29) is 53.9 Å². The molecule has 0 spiro atoms. The van der Waals surface area contributed by atoms with E-state index in [1.54, 1.807) is 13.0 Å². The van der Waals surface area contributed by atoms with Gasteiger partial charge in [-0.15, -0.1) is 0 Å². The normalized spacial score (nSPS) is 21.9. The Morgan fingerprint density at radius 2 is 1.90 bits per heavy atom. The molecule has 0 unspecified atom stereocenters. The Morgan fingerprint density at radius 3 is 2.50 bits per heavy atom. The highest BCUT2D eigenvalue weighted by atomic mass is 79.9. The number of likely N-dealkylation sites (tertiary alicyclic amines) is 1. The molecule has 14 heteroatoms. The van der Waals surface area contributed by atoms with E-state index >= 15 is 0 Å². The minimum Gasteiger partial charge on any atom is -0.347 e. The highest BCUT2D eigenvalue weighted by Gasteiger charge is 2.59. The van der Waals surface area contributed by atoms with Gasteiger partial charge in [-0.25, -0.2) is 12.8 Å². The van der Waals surface area contributed by atoms with Crippen LogP contribution in [0.3, 0.4) is 0 Å². The molecule has 2 N–H and O–H groups in total. The summed E-state index contributed by atoms with van der Waals surface area (Å²) in [7, 11) is -4.11. The molecule has 0 radical (unpaired) electrons. The zero-order valence-corrected chi connectivity index (χ0v) is 25.8. The second-order valence-electron chi connectivity index (χ2n) is 11.0. The van der Waals surface area contributed by atoms with E-state index in [1.807, 2.05) is 0 Å². The van der Waals surface area contributed by atoms with Gasteiger partial charge in [-0.2, -0.15) is 0 Å². The summed E-state index contributed by atoms with van der Waals surface area (Å²) < 4.78 is 42.7. The molecule has 1 aliphatic heterocycles. The van der Waals surface area contributed by atoms with Gasteiger partial charge in [-0.3, -0.25) is 24.2 Å². The molecular weight excluding hydrogens is 655 g/mol. The van der Waals surface area contributed by atoms with Gasteiger partial charge in [0.15, 0.2) is 9.84 Å². The first-order valence-corrected chi connectivity index (χ1v) is 16.4. The minimum absolute atomic E-state index is 0.00129. The fourth-order valence-electron chi connectivity index (χ4n) is 5.33. The third kappa shape index (κ3) is 5.83. The summed E-state index contributed by atoms with van der Waals surface area (Å²) >= 11 is 9.36. The molecule has 1 aromatic carbocycles. The van der Waals surface area contributed by atoms with E-state index in [4.69, 9.17) is 11.6 Å². The number of rotatable bonds is 10. The van der Waals surface area contributed by atoms with Crippen molar-refractivity contribution in [3.8, 4) is 0 Å². The number of hydrogen-bond acceptors (Lipinski definition) is 7. The van der Waals surface area contributed by atoms with Gasteiger partial charge in [0.1, 0.15) is 11.9 Å². The summed E-state index contributed by atoms with van der Waals surface area (Å²) in [6, 6.07) is 4.55. The lowest BCUT2D eigenvalue weighted by molar-refractivity contribution is -0.143. The standard InChI is InChI=1S/C28H29BrClFN4O6S/c1-2-20(23(36)26(38)33-16-7-8-16)34-25(37)21-12-17(42(40,41)22-6-4-3-5-18(22)30)14-35(21)27(39)28(9-10-28)24-19(31)11-15(29)13-32-24/h3-6,11,13,16-17,20-21H,2,7-10,12,14H2,1H3,(H,33,38)(H,34,37)/t17-,20+,21+/m1/s1. The zero-order valence-electron chi connectivity index (χ0n) is 22.6. The van der Waals surface area contributed by atoms with Crippen LogP contribution in [-0.2, 0) is 34.4 Å². The molecule has 3 aliphatic rings. The lowest BCUT2D eigenvalue weighted by Crippen LogP contribution is -2.54. The van der Waals surface area contributed by atoms with Gasteiger partial charge in [0.25, 0.3) is 5.91 Å². The molecule has 0 bridgehead atoms. The number of nitrogens with one attached hydrogen (secondary N) is 2. The summed E-state index contributed by atoms with van der Waals surface area (Å²) in [5.41, 5.74) is -1.43. The molecule has 1 saturated heterocycles. The number of nitrogens with zero attached hydrogens (tertiary/aromatic N) is 2. The molecule has 2 heterocycles. The number of carbonyl (C=O) groups is 4. The SMILES string of the molecule is CC[C@H](NC(=O)[C@@H]1C[C@@H](S(=O)(=O)c2ccccc2Cl)CN1C(=O)C1(c2ncc(Br)cc2F)CC1)C(=O)C(=O)NC1CC1. The fourth-order valence-corrected chi connectivity index (χ4v) is 7.85. The Morgan fingerprint density at radius 1 is 1.21 bits per heavy atom. The van der Waals surface area contributed by atoms with Gasteiger partial charge >= 0.3 is 0 Å². The number of aromatic nitrogens is 1. The van der Waals surface area contributed by atoms with Crippen LogP contribution >= 0.6 is 27.5 Å². The van der Waals surface area contributed by atoms with Crippen LogP contribution in [0.2, 0.25) is 5.02 Å². The molecule has 224 valence electrons. The van der Waals surface area contributed by atoms with E-state index < -0.39 is 61.9 Å². The van der Waals surface area contributed by atoms with Crippen molar-refractivity contribution in [1.82, 2.24) is 20.5 Å². The van der Waals surface area contributed by atoms with Gasteiger partial charge in [0.05, 0.1) is 32.3 Å². The number of halogens is 3. The zero-order chi connectivity index (χ0) is 30.4. The number of benzene rings is 1. The number of amides is 3. The molecule has 3 amide bonds. The van der Waals surface area contributed by atoms with E-state index in [0.29, 0.717) is 4.47 Å². The van der Waals surface area contributed by atoms with Gasteiger partial charge < -0.3 is 15.5 Å². The minimum atomic E-state index is -4.11. The van der Waals surface area contributed by atoms with Crippen molar-refractivity contribution in [2.75, 3.05) is 6.54 Å². The van der Waals surface area contributed by atoms with Crippen LogP contribution < -0.4 is 10.6 Å². The van der Waals surface area contributed by atoms with Crippen LogP contribution in [0.5, 0.6) is 0 Å². The second-order valence-corrected chi connectivity index (χ2v) is 14.5. The third-order valence-electron chi connectivity index (χ3n) is 8.01. The molecular formula is C28H29BrClFN4O6S. The predicted molar refractivity (Wildman–Crippen MR) is 154 cm³/mol.